The monoisotopic (exact) mass is 398 g/mol. The van der Waals surface area contributed by atoms with Gasteiger partial charge in [0, 0.05) is 17.8 Å². The van der Waals surface area contributed by atoms with Crippen LogP contribution in [0.4, 0.5) is 0 Å². The van der Waals surface area contributed by atoms with Gasteiger partial charge in [-0.15, -0.1) is 0 Å². The predicted octanol–water partition coefficient (Wildman–Crippen LogP) is 4.05. The van der Waals surface area contributed by atoms with Crippen LogP contribution < -0.4 is 0 Å². The van der Waals surface area contributed by atoms with E-state index in [9.17, 15) is 13.2 Å². The van der Waals surface area contributed by atoms with Crippen LogP contribution in [0.5, 0.6) is 0 Å². The number of halogens is 3. The van der Waals surface area contributed by atoms with Gasteiger partial charge in [-0.2, -0.15) is 8.42 Å². The molecule has 1 aliphatic rings. The summed E-state index contributed by atoms with van der Waals surface area (Å²) in [6.45, 7) is 5.22. The number of hydrogen-bond acceptors (Lipinski definition) is 4. The predicted molar refractivity (Wildman–Crippen MR) is 90.4 cm³/mol. The number of Topliss-reactive ketones (excluding diaryl/α,β-unsaturated/α-hetero) is 1. The zero-order valence-corrected chi connectivity index (χ0v) is 15.9. The molecule has 1 saturated carbocycles. The Kier molecular flexibility index (Phi) is 5.11. The molecule has 23 heavy (non-hydrogen) atoms. The maximum Gasteiger partial charge on any atom is 0.297 e. The number of ketones is 1. The van der Waals surface area contributed by atoms with Crippen molar-refractivity contribution in [1.82, 2.24) is 0 Å². The minimum absolute atomic E-state index is 0.00626. The lowest BCUT2D eigenvalue weighted by molar-refractivity contribution is -0.161. The van der Waals surface area contributed by atoms with Crippen LogP contribution >= 0.6 is 34.8 Å². The number of hydrogen-bond donors (Lipinski definition) is 0. The Hall–Kier alpha value is -0.330. The van der Waals surface area contributed by atoms with Crippen molar-refractivity contribution in [2.45, 2.75) is 42.0 Å². The van der Waals surface area contributed by atoms with Gasteiger partial charge in [0.05, 0.1) is 4.90 Å². The van der Waals surface area contributed by atoms with Crippen LogP contribution in [0.2, 0.25) is 0 Å². The van der Waals surface area contributed by atoms with Crippen LogP contribution in [0.25, 0.3) is 0 Å². The smallest absolute Gasteiger partial charge is 0.296 e. The number of carbonyl (C=O) groups is 1. The average molecular weight is 400 g/mol. The molecular weight excluding hydrogens is 383 g/mol. The van der Waals surface area contributed by atoms with Crippen molar-refractivity contribution in [3.63, 3.8) is 0 Å². The fourth-order valence-corrected chi connectivity index (χ4v) is 4.21. The van der Waals surface area contributed by atoms with Crippen LogP contribution in [-0.4, -0.2) is 24.1 Å². The lowest BCUT2D eigenvalue weighted by atomic mass is 9.58. The van der Waals surface area contributed by atoms with Crippen molar-refractivity contribution in [2.75, 3.05) is 0 Å². The van der Waals surface area contributed by atoms with Gasteiger partial charge < -0.3 is 0 Å². The van der Waals surface area contributed by atoms with Gasteiger partial charge in [0.15, 0.2) is 9.58 Å². The molecule has 1 aromatic carbocycles. The first-order valence-corrected chi connectivity index (χ1v) is 9.50. The van der Waals surface area contributed by atoms with E-state index in [-0.39, 0.29) is 17.1 Å². The number of benzene rings is 1. The van der Waals surface area contributed by atoms with Crippen LogP contribution in [0, 0.1) is 18.3 Å². The molecule has 0 amide bonds. The molecule has 2 unspecified atom stereocenters. The molecule has 0 saturated heterocycles. The third-order valence-corrected chi connectivity index (χ3v) is 5.95. The first-order chi connectivity index (χ1) is 10.3. The molecule has 0 N–H and O–H groups in total. The third-order valence-electron chi connectivity index (χ3n) is 4.18. The van der Waals surface area contributed by atoms with E-state index in [0.29, 0.717) is 0 Å². The van der Waals surface area contributed by atoms with Crippen molar-refractivity contribution in [3.8, 4) is 0 Å². The third kappa shape index (κ3) is 4.02. The van der Waals surface area contributed by atoms with Gasteiger partial charge in [-0.3, -0.25) is 8.98 Å². The van der Waals surface area contributed by atoms with Gasteiger partial charge in [0.2, 0.25) is 0 Å². The van der Waals surface area contributed by atoms with Gasteiger partial charge >= 0.3 is 0 Å². The average Bonchev–Trinajstić information content (AvgIpc) is 2.42. The van der Waals surface area contributed by atoms with Gasteiger partial charge in [-0.1, -0.05) is 66.3 Å². The Balaban J connectivity index is 2.23. The Bertz CT molecular complexity index is 705. The maximum absolute atomic E-state index is 12.3. The molecule has 4 nitrogen and oxygen atoms in total. The lowest BCUT2D eigenvalue weighted by Gasteiger charge is -2.49. The minimum atomic E-state index is -4.06. The normalized spacial score (nSPS) is 24.3. The highest BCUT2D eigenvalue weighted by atomic mass is 35.6. The molecule has 1 aliphatic carbocycles. The molecule has 0 aromatic heterocycles. The van der Waals surface area contributed by atoms with Crippen molar-refractivity contribution < 1.29 is 17.4 Å². The molecule has 128 valence electrons. The first kappa shape index (κ1) is 19.0. The number of rotatable bonds is 4. The molecule has 1 aromatic rings. The van der Waals surface area contributed by atoms with Crippen LogP contribution in [0.15, 0.2) is 29.2 Å². The summed E-state index contributed by atoms with van der Waals surface area (Å²) >= 11 is 17.4. The Morgan fingerprint density at radius 1 is 1.17 bits per heavy atom. The second kappa shape index (κ2) is 6.19. The highest BCUT2D eigenvalue weighted by Gasteiger charge is 2.59. The van der Waals surface area contributed by atoms with Gasteiger partial charge in [-0.05, 0) is 19.1 Å². The highest BCUT2D eigenvalue weighted by Crippen LogP contribution is 2.51. The first-order valence-electron chi connectivity index (χ1n) is 6.95. The molecule has 2 atom stereocenters. The lowest BCUT2D eigenvalue weighted by Crippen LogP contribution is -2.60. The molecule has 1 fully saturated rings. The summed E-state index contributed by atoms with van der Waals surface area (Å²) < 4.78 is 28.2. The van der Waals surface area contributed by atoms with Crippen molar-refractivity contribution >= 4 is 50.7 Å². The summed E-state index contributed by atoms with van der Waals surface area (Å²) in [6, 6.07) is 6.18. The molecule has 2 rings (SSSR count). The zero-order chi connectivity index (χ0) is 17.6. The Morgan fingerprint density at radius 3 is 2.17 bits per heavy atom. The van der Waals surface area contributed by atoms with E-state index in [1.54, 1.807) is 26.0 Å². The van der Waals surface area contributed by atoms with E-state index in [2.05, 4.69) is 0 Å². The summed E-state index contributed by atoms with van der Waals surface area (Å²) in [6.07, 6.45) is -1.10. The quantitative estimate of drug-likeness (QED) is 0.566. The second-order valence-corrected chi connectivity index (χ2v) is 10.4. The Labute approximate surface area is 151 Å². The highest BCUT2D eigenvalue weighted by molar-refractivity contribution is 7.86. The number of carbonyl (C=O) groups excluding carboxylic acids is 1. The van der Waals surface area contributed by atoms with Gasteiger partial charge in [0.25, 0.3) is 10.1 Å². The van der Waals surface area contributed by atoms with E-state index >= 15 is 0 Å². The molecule has 0 radical (unpaired) electrons. The minimum Gasteiger partial charge on any atom is -0.296 e. The van der Waals surface area contributed by atoms with Crippen molar-refractivity contribution in [2.24, 2.45) is 11.3 Å². The van der Waals surface area contributed by atoms with Crippen LogP contribution in [0.1, 0.15) is 25.8 Å². The van der Waals surface area contributed by atoms with Crippen LogP contribution in [0.3, 0.4) is 0 Å². The number of aryl methyl sites for hydroxylation is 1. The van der Waals surface area contributed by atoms with E-state index in [0.717, 1.165) is 5.56 Å². The fraction of sp³-hybridized carbons (Fsp3) is 0.533. The van der Waals surface area contributed by atoms with Gasteiger partial charge in [0.1, 0.15) is 6.10 Å². The molecule has 0 spiro atoms. The molecule has 8 heteroatoms. The molecule has 0 aliphatic heterocycles. The summed E-state index contributed by atoms with van der Waals surface area (Å²) in [5.41, 5.74) is 0.121. The summed E-state index contributed by atoms with van der Waals surface area (Å²) in [4.78, 5) is 12.2. The van der Waals surface area contributed by atoms with E-state index < -0.39 is 31.3 Å². The second-order valence-electron chi connectivity index (χ2n) is 6.30. The van der Waals surface area contributed by atoms with Crippen LogP contribution in [-0.2, 0) is 19.1 Å². The standard InChI is InChI=1S/C15H17Cl3O4S/c1-9-4-6-10(7-5-9)23(20,21)22-12-11(8-15(16,17)18)14(2,3)13(12)19/h4-7,11-12H,8H2,1-3H3. The van der Waals surface area contributed by atoms with E-state index in [1.807, 2.05) is 6.92 Å². The van der Waals surface area contributed by atoms with Gasteiger partial charge in [-0.25, -0.2) is 0 Å². The van der Waals surface area contributed by atoms with Crippen molar-refractivity contribution in [1.29, 1.82) is 0 Å². The summed E-state index contributed by atoms with van der Waals surface area (Å²) in [5.74, 6) is -0.810. The van der Waals surface area contributed by atoms with E-state index in [1.165, 1.54) is 12.1 Å². The summed E-state index contributed by atoms with van der Waals surface area (Å²) in [7, 11) is -4.06. The van der Waals surface area contributed by atoms with Crippen molar-refractivity contribution in [3.05, 3.63) is 29.8 Å². The SMILES string of the molecule is Cc1ccc(S(=O)(=O)OC2C(=O)C(C)(C)C2CC(Cl)(Cl)Cl)cc1. The fourth-order valence-electron chi connectivity index (χ4n) is 2.63. The molecular formula is C15H17Cl3O4S. The topological polar surface area (TPSA) is 60.4 Å². The van der Waals surface area contributed by atoms with E-state index in [4.69, 9.17) is 39.0 Å². The number of alkyl halides is 3. The maximum atomic E-state index is 12.3. The summed E-state index contributed by atoms with van der Waals surface area (Å²) in [5, 5.41) is 0. The zero-order valence-electron chi connectivity index (χ0n) is 12.8. The Morgan fingerprint density at radius 2 is 1.70 bits per heavy atom. The molecule has 0 bridgehead atoms. The largest absolute Gasteiger partial charge is 0.297 e. The molecule has 0 heterocycles.